The third-order valence-electron chi connectivity index (χ3n) is 10.8. The van der Waals surface area contributed by atoms with E-state index in [0.717, 1.165) is 30.0 Å². The zero-order chi connectivity index (χ0) is 40.6. The molecule has 0 bridgehead atoms. The monoisotopic (exact) mass is 801 g/mol. The van der Waals surface area contributed by atoms with E-state index in [1.807, 2.05) is 6.92 Å². The summed E-state index contributed by atoms with van der Waals surface area (Å²) in [5, 5.41) is 7.06. The molecular formula is C43H51ClFN6O6+. The van der Waals surface area contributed by atoms with Crippen LogP contribution in [-0.2, 0) is 17.9 Å². The van der Waals surface area contributed by atoms with Crippen molar-refractivity contribution < 1.29 is 32.9 Å². The van der Waals surface area contributed by atoms with Gasteiger partial charge in [-0.15, -0.1) is 0 Å². The number of aromatic nitrogens is 3. The van der Waals surface area contributed by atoms with Crippen molar-refractivity contribution in [2.45, 2.75) is 110 Å². The van der Waals surface area contributed by atoms with Crippen molar-refractivity contribution in [3.63, 3.8) is 0 Å². The Labute approximate surface area is 336 Å². The van der Waals surface area contributed by atoms with E-state index in [1.54, 1.807) is 47.0 Å². The molecular weight excluding hydrogens is 751 g/mol. The largest absolute Gasteiger partial charge is 0.441 e. The molecule has 302 valence electrons. The highest BCUT2D eigenvalue weighted by atomic mass is 35.5. The lowest BCUT2D eigenvalue weighted by Crippen LogP contribution is -2.43. The summed E-state index contributed by atoms with van der Waals surface area (Å²) in [6.07, 6.45) is 15.1. The zero-order valence-corrected chi connectivity index (χ0v) is 33.7. The van der Waals surface area contributed by atoms with Crippen LogP contribution in [0.15, 0.2) is 47.3 Å². The number of unbranched alkanes of at least 4 members (excludes halogenated alkanes) is 10. The number of amides is 3. The third kappa shape index (κ3) is 9.19. The molecule has 1 atom stereocenters. The van der Waals surface area contributed by atoms with E-state index in [4.69, 9.17) is 16.3 Å². The van der Waals surface area contributed by atoms with E-state index in [2.05, 4.69) is 17.3 Å². The predicted molar refractivity (Wildman–Crippen MR) is 216 cm³/mol. The minimum absolute atomic E-state index is 0.0590. The van der Waals surface area contributed by atoms with Crippen LogP contribution >= 0.6 is 11.6 Å². The molecule has 0 saturated heterocycles. The van der Waals surface area contributed by atoms with Crippen molar-refractivity contribution in [3.05, 3.63) is 91.7 Å². The average molecular weight is 802 g/mol. The molecule has 0 saturated carbocycles. The Morgan fingerprint density at radius 1 is 0.965 bits per heavy atom. The summed E-state index contributed by atoms with van der Waals surface area (Å²) in [6.45, 7) is 4.43. The molecule has 2 aliphatic rings. The summed E-state index contributed by atoms with van der Waals surface area (Å²) in [5.74, 6) is -2.92. The molecule has 0 unspecified atom stereocenters. The maximum Gasteiger partial charge on any atom is 0.441 e. The molecule has 0 fully saturated rings. The minimum Gasteiger partial charge on any atom is -0.420 e. The van der Waals surface area contributed by atoms with E-state index in [-0.39, 0.29) is 64.2 Å². The number of halogens is 2. The second-order valence-electron chi connectivity index (χ2n) is 14.9. The lowest BCUT2D eigenvalue weighted by Gasteiger charge is -2.31. The summed E-state index contributed by atoms with van der Waals surface area (Å²) in [7, 11) is 1.57. The van der Waals surface area contributed by atoms with Gasteiger partial charge >= 0.3 is 11.9 Å². The number of rotatable bonds is 19. The smallest absolute Gasteiger partial charge is 0.420 e. The highest BCUT2D eigenvalue weighted by Crippen LogP contribution is 2.40. The summed E-state index contributed by atoms with van der Waals surface area (Å²) < 4.78 is 24.1. The molecule has 0 aliphatic carbocycles. The number of carbonyl (C=O) groups excluding carboxylic acids is 4. The van der Waals surface area contributed by atoms with Crippen LogP contribution in [0.4, 0.5) is 4.39 Å². The van der Waals surface area contributed by atoms with E-state index < -0.39 is 35.2 Å². The number of esters is 1. The number of ether oxygens (including phenoxy) is 1. The zero-order valence-electron chi connectivity index (χ0n) is 33.0. The van der Waals surface area contributed by atoms with Crippen molar-refractivity contribution in [2.24, 2.45) is 0 Å². The summed E-state index contributed by atoms with van der Waals surface area (Å²) in [4.78, 5) is 70.9. The molecule has 57 heavy (non-hydrogen) atoms. The molecule has 4 aromatic rings. The first-order valence-electron chi connectivity index (χ1n) is 20.1. The molecule has 12 nitrogen and oxygen atoms in total. The third-order valence-corrected chi connectivity index (χ3v) is 11.1. The predicted octanol–water partition coefficient (Wildman–Crippen LogP) is 7.46. The first kappa shape index (κ1) is 41.5. The van der Waals surface area contributed by atoms with Crippen molar-refractivity contribution in [3.8, 4) is 5.75 Å². The van der Waals surface area contributed by atoms with Gasteiger partial charge in [0.2, 0.25) is 11.6 Å². The molecule has 1 N–H and O–H groups in total. The first-order chi connectivity index (χ1) is 27.5. The van der Waals surface area contributed by atoms with Gasteiger partial charge < -0.3 is 19.5 Å². The van der Waals surface area contributed by atoms with Crippen LogP contribution in [0.3, 0.4) is 0 Å². The van der Waals surface area contributed by atoms with Crippen molar-refractivity contribution in [1.82, 2.24) is 24.6 Å². The van der Waals surface area contributed by atoms with Crippen LogP contribution in [0.5, 0.6) is 5.75 Å². The Hall–Kier alpha value is -5.17. The van der Waals surface area contributed by atoms with Crippen LogP contribution in [0, 0.1) is 5.82 Å². The Morgan fingerprint density at radius 3 is 2.33 bits per heavy atom. The van der Waals surface area contributed by atoms with Crippen LogP contribution in [-0.4, -0.2) is 73.9 Å². The maximum atomic E-state index is 14.4. The van der Waals surface area contributed by atoms with Gasteiger partial charge in [-0.05, 0) is 42.7 Å². The number of carbonyl (C=O) groups is 4. The summed E-state index contributed by atoms with van der Waals surface area (Å²) in [6, 6.07) is 10.0. The highest BCUT2D eigenvalue weighted by molar-refractivity contribution is 6.30. The number of likely N-dealkylation sites (N-methyl/N-ethyl adjacent to an activating group) is 1. The van der Waals surface area contributed by atoms with E-state index >= 15 is 0 Å². The maximum absolute atomic E-state index is 14.4. The number of nitrogens with zero attached hydrogens (tertiary/aromatic N) is 5. The fourth-order valence-electron chi connectivity index (χ4n) is 7.71. The van der Waals surface area contributed by atoms with Crippen LogP contribution in [0.25, 0.3) is 10.9 Å². The van der Waals surface area contributed by atoms with Gasteiger partial charge in [-0.1, -0.05) is 107 Å². The second kappa shape index (κ2) is 18.8. The molecule has 2 aromatic carbocycles. The Bertz CT molecular complexity index is 2260. The molecule has 2 aliphatic heterocycles. The molecule has 14 heteroatoms. The van der Waals surface area contributed by atoms with Crippen molar-refractivity contribution in [2.75, 3.05) is 20.1 Å². The molecule has 6 rings (SSSR count). The SMILES string of the molecule is CCCCCCCCCCCCCC(=O)NCc1ccccc1C(=O)Oc1c2n3c4c(nn(Cc5ccc(F)c(Cl)c5)c(=O)c14)C(=O)[N+](C)=C[C@@H]3CN(CC)C2=O. The molecule has 0 spiro atoms. The molecule has 2 aromatic heterocycles. The van der Waals surface area contributed by atoms with Gasteiger partial charge in [0, 0.05) is 19.5 Å². The van der Waals surface area contributed by atoms with Crippen LogP contribution in [0.1, 0.15) is 139 Å². The van der Waals surface area contributed by atoms with Gasteiger partial charge in [-0.25, -0.2) is 18.7 Å². The fraction of sp³-hybridized carbons (Fsp3) is 0.465. The number of hydrogen-bond donors (Lipinski definition) is 1. The Kier molecular flexibility index (Phi) is 13.7. The van der Waals surface area contributed by atoms with Crippen LogP contribution < -0.4 is 15.6 Å². The number of nitrogens with one attached hydrogen (secondary N) is 1. The molecule has 0 radical (unpaired) electrons. The number of benzene rings is 2. The van der Waals surface area contributed by atoms with E-state index in [9.17, 15) is 28.4 Å². The quantitative estimate of drug-likeness (QED) is 0.0591. The normalized spacial score (nSPS) is 14.9. The highest BCUT2D eigenvalue weighted by Gasteiger charge is 2.44. The lowest BCUT2D eigenvalue weighted by molar-refractivity contribution is -0.391. The van der Waals surface area contributed by atoms with Gasteiger partial charge in [0.25, 0.3) is 11.5 Å². The second-order valence-corrected chi connectivity index (χ2v) is 15.3. The molecule has 3 amide bonds. The lowest BCUT2D eigenvalue weighted by atomic mass is 10.0. The first-order valence-corrected chi connectivity index (χ1v) is 20.5. The number of hydrogen-bond acceptors (Lipinski definition) is 7. The minimum atomic E-state index is -0.849. The van der Waals surface area contributed by atoms with Crippen LogP contribution in [0.2, 0.25) is 5.02 Å². The van der Waals surface area contributed by atoms with Gasteiger partial charge in [-0.3, -0.25) is 14.4 Å². The van der Waals surface area contributed by atoms with E-state index in [1.165, 1.54) is 68.1 Å². The van der Waals surface area contributed by atoms with Gasteiger partial charge in [0.15, 0.2) is 17.7 Å². The standard InChI is InChI=1S/C43H50ClFN6O6/c1-4-6-7-8-9-10-11-12-13-14-15-20-34(52)46-24-29-18-16-17-19-31(29)43(56)57-39-35-37-36(47-50(40(35)53)25-28-21-22-33(45)32(44)23-28)41(54)48(3)26-30-27-49(5-2)42(55)38(39)51(30)37/h16-19,21-23,26,30H,4-15,20,24-25,27H2,1-3H3/p+1/t30-/m1/s1. The Balaban J connectivity index is 1.24. The van der Waals surface area contributed by atoms with Gasteiger partial charge in [0.05, 0.1) is 29.2 Å². The topological polar surface area (TPSA) is 136 Å². The summed E-state index contributed by atoms with van der Waals surface area (Å²) in [5.41, 5.74) is 0.223. The molecule has 4 heterocycles. The summed E-state index contributed by atoms with van der Waals surface area (Å²) >= 11 is 6.04. The van der Waals surface area contributed by atoms with Gasteiger partial charge in [0.1, 0.15) is 24.3 Å². The average Bonchev–Trinajstić information content (AvgIpc) is 3.50. The van der Waals surface area contributed by atoms with Crippen molar-refractivity contribution >= 4 is 52.4 Å². The fourth-order valence-corrected chi connectivity index (χ4v) is 7.91. The van der Waals surface area contributed by atoms with Gasteiger partial charge in [-0.2, -0.15) is 9.67 Å². The van der Waals surface area contributed by atoms with Crippen molar-refractivity contribution in [1.29, 1.82) is 0 Å². The Morgan fingerprint density at radius 2 is 1.65 bits per heavy atom. The van der Waals surface area contributed by atoms with E-state index in [0.29, 0.717) is 24.1 Å².